The Hall–Kier alpha value is -3.27. The number of nitrogens with zero attached hydrogens (tertiary/aromatic N) is 1. The number of nitrogens with two attached hydrogens (primary N) is 1. The Morgan fingerprint density at radius 3 is 2.52 bits per heavy atom. The molecule has 4 rings (SSSR count). The molecule has 0 atom stereocenters. The summed E-state index contributed by atoms with van der Waals surface area (Å²) in [7, 11) is 0. The summed E-state index contributed by atoms with van der Waals surface area (Å²) in [5.41, 5.74) is 10.8. The van der Waals surface area contributed by atoms with Gasteiger partial charge in [0.05, 0.1) is 5.69 Å². The van der Waals surface area contributed by atoms with Crippen LogP contribution in [0, 0.1) is 0 Å². The average Bonchev–Trinajstić information content (AvgIpc) is 3.00. The molecule has 0 fully saturated rings. The monoisotopic (exact) mass is 301 g/mol. The second kappa shape index (κ2) is 5.18. The first-order chi connectivity index (χ1) is 11.2. The van der Waals surface area contributed by atoms with Gasteiger partial charge in [-0.05, 0) is 35.9 Å². The third-order valence-electron chi connectivity index (χ3n) is 3.97. The van der Waals surface area contributed by atoms with Crippen LogP contribution in [0.4, 0.5) is 5.69 Å². The van der Waals surface area contributed by atoms with E-state index in [9.17, 15) is 5.11 Å². The number of hydrogen-bond donors (Lipinski definition) is 3. The minimum Gasteiger partial charge on any atom is -0.507 e. The fourth-order valence-electron chi connectivity index (χ4n) is 2.77. The van der Waals surface area contributed by atoms with Gasteiger partial charge in [0.1, 0.15) is 5.75 Å². The van der Waals surface area contributed by atoms with Crippen LogP contribution in [0.15, 0.2) is 67.0 Å². The Balaban J connectivity index is 1.86. The van der Waals surface area contributed by atoms with Crippen LogP contribution >= 0.6 is 0 Å². The number of aromatic nitrogens is 2. The van der Waals surface area contributed by atoms with Gasteiger partial charge in [-0.2, -0.15) is 0 Å². The molecule has 0 saturated carbocycles. The molecule has 2 aromatic heterocycles. The Bertz CT molecular complexity index is 954. The number of para-hydroxylation sites is 1. The lowest BCUT2D eigenvalue weighted by atomic mass is 10.00. The maximum absolute atomic E-state index is 10.7. The van der Waals surface area contributed by atoms with E-state index in [1.165, 1.54) is 0 Å². The van der Waals surface area contributed by atoms with Crippen LogP contribution in [0.1, 0.15) is 0 Å². The molecule has 0 aliphatic heterocycles. The number of H-pyrrole nitrogens is 1. The summed E-state index contributed by atoms with van der Waals surface area (Å²) in [6.45, 7) is 0. The van der Waals surface area contributed by atoms with Crippen LogP contribution in [-0.4, -0.2) is 15.1 Å². The van der Waals surface area contributed by atoms with Gasteiger partial charge in [0.15, 0.2) is 0 Å². The smallest absolute Gasteiger partial charge is 0.132 e. The predicted molar refractivity (Wildman–Crippen MR) is 93.0 cm³/mol. The molecule has 0 spiro atoms. The average molecular weight is 301 g/mol. The third kappa shape index (κ3) is 2.30. The van der Waals surface area contributed by atoms with Gasteiger partial charge in [-0.15, -0.1) is 0 Å². The van der Waals surface area contributed by atoms with Gasteiger partial charge >= 0.3 is 0 Å². The van der Waals surface area contributed by atoms with E-state index < -0.39 is 0 Å². The van der Waals surface area contributed by atoms with Crippen molar-refractivity contribution in [2.45, 2.75) is 0 Å². The van der Waals surface area contributed by atoms with E-state index >= 15 is 0 Å². The lowest BCUT2D eigenvalue weighted by molar-refractivity contribution is 0.479. The molecule has 112 valence electrons. The zero-order chi connectivity index (χ0) is 15.8. The van der Waals surface area contributed by atoms with Crippen molar-refractivity contribution < 1.29 is 5.11 Å². The number of phenolic OH excluding ortho intramolecular Hbond substituents is 1. The third-order valence-corrected chi connectivity index (χ3v) is 3.97. The lowest BCUT2D eigenvalue weighted by Gasteiger charge is -2.09. The van der Waals surface area contributed by atoms with Gasteiger partial charge in [-0.25, -0.2) is 0 Å². The van der Waals surface area contributed by atoms with Gasteiger partial charge in [0.2, 0.25) is 0 Å². The second-order valence-electron chi connectivity index (χ2n) is 5.47. The molecule has 4 heteroatoms. The number of rotatable bonds is 2. The first-order valence-electron chi connectivity index (χ1n) is 7.33. The van der Waals surface area contributed by atoms with Gasteiger partial charge in [0, 0.05) is 40.1 Å². The molecule has 0 amide bonds. The van der Waals surface area contributed by atoms with E-state index in [0.717, 1.165) is 33.3 Å². The SMILES string of the molecule is Nc1ccc(-c2cccc(-c3cc4cnccc4[nH]3)c2O)cc1. The molecule has 4 N–H and O–H groups in total. The second-order valence-corrected chi connectivity index (χ2v) is 5.47. The molecule has 0 radical (unpaired) electrons. The first kappa shape index (κ1) is 13.4. The van der Waals surface area contributed by atoms with Gasteiger partial charge in [0.25, 0.3) is 0 Å². The molecule has 0 unspecified atom stereocenters. The number of phenols is 1. The molecular formula is C19H15N3O. The topological polar surface area (TPSA) is 74.9 Å². The van der Waals surface area contributed by atoms with E-state index in [-0.39, 0.29) is 5.75 Å². The van der Waals surface area contributed by atoms with Crippen LogP contribution < -0.4 is 5.73 Å². The van der Waals surface area contributed by atoms with E-state index in [4.69, 9.17) is 5.73 Å². The molecule has 23 heavy (non-hydrogen) atoms. The number of aromatic hydroxyl groups is 1. The minimum absolute atomic E-state index is 0.247. The first-order valence-corrected chi connectivity index (χ1v) is 7.33. The molecular weight excluding hydrogens is 286 g/mol. The van der Waals surface area contributed by atoms with E-state index in [2.05, 4.69) is 9.97 Å². The number of nitrogen functional groups attached to an aromatic ring is 1. The zero-order valence-corrected chi connectivity index (χ0v) is 12.3. The van der Waals surface area contributed by atoms with Crippen LogP contribution in [0.2, 0.25) is 0 Å². The Labute approximate surface area is 133 Å². The van der Waals surface area contributed by atoms with Crippen molar-refractivity contribution in [1.29, 1.82) is 0 Å². The normalized spacial score (nSPS) is 11.0. The van der Waals surface area contributed by atoms with Gasteiger partial charge < -0.3 is 15.8 Å². The lowest BCUT2D eigenvalue weighted by Crippen LogP contribution is -1.86. The number of pyridine rings is 1. The molecule has 0 aliphatic rings. The van der Waals surface area contributed by atoms with E-state index in [1.54, 1.807) is 12.4 Å². The standard InChI is InChI=1S/C19H15N3O/c20-14-6-4-12(5-7-14)15-2-1-3-16(19(15)23)18-10-13-11-21-9-8-17(13)22-18/h1-11,22-23H,20H2. The maximum Gasteiger partial charge on any atom is 0.132 e. The highest BCUT2D eigenvalue weighted by Crippen LogP contribution is 2.38. The molecule has 0 saturated heterocycles. The molecule has 4 aromatic rings. The highest BCUT2D eigenvalue weighted by Gasteiger charge is 2.12. The Morgan fingerprint density at radius 1 is 0.957 bits per heavy atom. The number of benzene rings is 2. The van der Waals surface area contributed by atoms with Crippen LogP contribution in [0.25, 0.3) is 33.3 Å². The fourth-order valence-corrected chi connectivity index (χ4v) is 2.77. The molecule has 0 bridgehead atoms. The Kier molecular flexibility index (Phi) is 3.01. The van der Waals surface area contributed by atoms with Crippen molar-refractivity contribution in [2.75, 3.05) is 5.73 Å². The largest absolute Gasteiger partial charge is 0.507 e. The van der Waals surface area contributed by atoms with Crippen molar-refractivity contribution in [3.8, 4) is 28.1 Å². The van der Waals surface area contributed by atoms with E-state index in [1.807, 2.05) is 54.6 Å². The molecule has 2 aromatic carbocycles. The van der Waals surface area contributed by atoms with Crippen LogP contribution in [-0.2, 0) is 0 Å². The summed E-state index contributed by atoms with van der Waals surface area (Å²) in [6.07, 6.45) is 3.55. The summed E-state index contributed by atoms with van der Waals surface area (Å²) in [4.78, 5) is 7.44. The predicted octanol–water partition coefficient (Wildman–Crippen LogP) is 4.18. The van der Waals surface area contributed by atoms with Crippen LogP contribution in [0.5, 0.6) is 5.75 Å². The van der Waals surface area contributed by atoms with Crippen LogP contribution in [0.3, 0.4) is 0 Å². The van der Waals surface area contributed by atoms with Crippen molar-refractivity contribution in [3.63, 3.8) is 0 Å². The zero-order valence-electron chi connectivity index (χ0n) is 12.3. The molecule has 2 heterocycles. The highest BCUT2D eigenvalue weighted by molar-refractivity contribution is 5.88. The van der Waals surface area contributed by atoms with Crippen molar-refractivity contribution in [2.24, 2.45) is 0 Å². The minimum atomic E-state index is 0.247. The number of anilines is 1. The van der Waals surface area contributed by atoms with E-state index in [0.29, 0.717) is 5.69 Å². The fraction of sp³-hybridized carbons (Fsp3) is 0. The molecule has 0 aliphatic carbocycles. The maximum atomic E-state index is 10.7. The summed E-state index contributed by atoms with van der Waals surface area (Å²) in [5, 5.41) is 11.7. The number of aromatic amines is 1. The highest BCUT2D eigenvalue weighted by atomic mass is 16.3. The number of fused-ring (bicyclic) bond motifs is 1. The molecule has 4 nitrogen and oxygen atoms in total. The van der Waals surface area contributed by atoms with Gasteiger partial charge in [-0.1, -0.05) is 24.3 Å². The van der Waals surface area contributed by atoms with Crippen molar-refractivity contribution in [3.05, 3.63) is 67.0 Å². The quantitative estimate of drug-likeness (QED) is 0.486. The van der Waals surface area contributed by atoms with Gasteiger partial charge in [-0.3, -0.25) is 4.98 Å². The summed E-state index contributed by atoms with van der Waals surface area (Å²) in [6, 6.07) is 17.1. The summed E-state index contributed by atoms with van der Waals surface area (Å²) >= 11 is 0. The summed E-state index contributed by atoms with van der Waals surface area (Å²) in [5.74, 6) is 0.247. The number of hydrogen-bond acceptors (Lipinski definition) is 3. The summed E-state index contributed by atoms with van der Waals surface area (Å²) < 4.78 is 0. The van der Waals surface area contributed by atoms with Crippen molar-refractivity contribution >= 4 is 16.6 Å². The van der Waals surface area contributed by atoms with Crippen molar-refractivity contribution in [1.82, 2.24) is 9.97 Å². The number of nitrogens with one attached hydrogen (secondary N) is 1. The Morgan fingerprint density at radius 2 is 1.74 bits per heavy atom.